The number of terminal acetylenes is 1. The van der Waals surface area contributed by atoms with E-state index < -0.39 is 36.1 Å². The second-order valence-corrected chi connectivity index (χ2v) is 6.03. The minimum absolute atomic E-state index is 0.0400. The molecule has 24 heavy (non-hydrogen) atoms. The quantitative estimate of drug-likeness (QED) is 0.619. The number of amides is 3. The third-order valence-electron chi connectivity index (χ3n) is 3.97. The maximum absolute atomic E-state index is 14.3. The second kappa shape index (κ2) is 5.95. The molecule has 126 valence electrons. The van der Waals surface area contributed by atoms with E-state index in [9.17, 15) is 18.4 Å². The number of hydrogen-bond acceptors (Lipinski definition) is 3. The molecule has 0 aliphatic carbocycles. The van der Waals surface area contributed by atoms with Crippen molar-refractivity contribution in [2.75, 3.05) is 11.4 Å². The molecule has 5 nitrogen and oxygen atoms in total. The Hall–Kier alpha value is -2.33. The van der Waals surface area contributed by atoms with E-state index in [0.717, 1.165) is 17.0 Å². The Balaban J connectivity index is 1.98. The van der Waals surface area contributed by atoms with Crippen molar-refractivity contribution in [1.29, 1.82) is 0 Å². The number of fused-ring (bicyclic) bond motifs is 1. The van der Waals surface area contributed by atoms with Crippen LogP contribution < -0.4 is 9.64 Å². The molecule has 0 bridgehead atoms. The zero-order chi connectivity index (χ0) is 17.6. The van der Waals surface area contributed by atoms with Crippen molar-refractivity contribution in [1.82, 2.24) is 4.90 Å². The topological polar surface area (TPSA) is 49.9 Å². The van der Waals surface area contributed by atoms with Gasteiger partial charge < -0.3 is 9.64 Å². The van der Waals surface area contributed by atoms with E-state index in [0.29, 0.717) is 4.90 Å². The SMILES string of the molecule is C#CC(C)Oc1cc(N2C(=O)[C@@H]3C[C@H](F)CN3C2=O)c(F)cc1Cl. The minimum atomic E-state index is -1.25. The summed E-state index contributed by atoms with van der Waals surface area (Å²) in [6.45, 7) is 1.40. The molecule has 2 aliphatic rings. The van der Waals surface area contributed by atoms with E-state index in [2.05, 4.69) is 5.92 Å². The van der Waals surface area contributed by atoms with Gasteiger partial charge in [-0.3, -0.25) is 4.79 Å². The average Bonchev–Trinajstić information content (AvgIpc) is 3.01. The van der Waals surface area contributed by atoms with Crippen LogP contribution in [-0.4, -0.2) is 41.7 Å². The summed E-state index contributed by atoms with van der Waals surface area (Å²) in [4.78, 5) is 26.5. The summed E-state index contributed by atoms with van der Waals surface area (Å²) in [5, 5.41) is -0.0400. The van der Waals surface area contributed by atoms with Crippen LogP contribution >= 0.6 is 11.6 Å². The number of carbonyl (C=O) groups excluding carboxylic acids is 2. The first-order valence-corrected chi connectivity index (χ1v) is 7.61. The molecule has 3 atom stereocenters. The van der Waals surface area contributed by atoms with E-state index in [1.54, 1.807) is 6.92 Å². The largest absolute Gasteiger partial charge is 0.476 e. The molecule has 0 aromatic heterocycles. The van der Waals surface area contributed by atoms with Gasteiger partial charge in [-0.1, -0.05) is 17.5 Å². The summed E-state index contributed by atoms with van der Waals surface area (Å²) < 4.78 is 33.1. The molecule has 2 aliphatic heterocycles. The highest BCUT2D eigenvalue weighted by Crippen LogP contribution is 2.38. The molecule has 0 saturated carbocycles. The Bertz CT molecular complexity index is 740. The van der Waals surface area contributed by atoms with E-state index in [1.807, 2.05) is 0 Å². The smallest absolute Gasteiger partial charge is 0.332 e. The molecule has 3 rings (SSSR count). The van der Waals surface area contributed by atoms with E-state index >= 15 is 0 Å². The summed E-state index contributed by atoms with van der Waals surface area (Å²) in [5.74, 6) is 0.848. The highest BCUT2D eigenvalue weighted by Gasteiger charge is 2.52. The van der Waals surface area contributed by atoms with Gasteiger partial charge in [0.25, 0.3) is 5.91 Å². The normalized spacial score (nSPS) is 24.1. The van der Waals surface area contributed by atoms with Crippen LogP contribution in [-0.2, 0) is 4.79 Å². The first-order valence-electron chi connectivity index (χ1n) is 7.24. The van der Waals surface area contributed by atoms with Crippen molar-refractivity contribution in [2.24, 2.45) is 0 Å². The van der Waals surface area contributed by atoms with Crippen molar-refractivity contribution >= 4 is 29.2 Å². The Kier molecular flexibility index (Phi) is 4.10. The minimum Gasteiger partial charge on any atom is -0.476 e. The lowest BCUT2D eigenvalue weighted by Crippen LogP contribution is -2.35. The second-order valence-electron chi connectivity index (χ2n) is 5.62. The Morgan fingerprint density at radius 1 is 1.46 bits per heavy atom. The molecule has 2 saturated heterocycles. The molecule has 1 aromatic carbocycles. The van der Waals surface area contributed by atoms with Crippen molar-refractivity contribution in [3.8, 4) is 18.1 Å². The molecule has 0 spiro atoms. The summed E-state index contributed by atoms with van der Waals surface area (Å²) in [5.41, 5.74) is -0.293. The van der Waals surface area contributed by atoms with Crippen LogP contribution in [0.15, 0.2) is 12.1 Å². The number of rotatable bonds is 3. The maximum atomic E-state index is 14.3. The predicted molar refractivity (Wildman–Crippen MR) is 83.2 cm³/mol. The van der Waals surface area contributed by atoms with Gasteiger partial charge in [0.05, 0.1) is 17.3 Å². The Labute approximate surface area is 142 Å². The average molecular weight is 355 g/mol. The lowest BCUT2D eigenvalue weighted by atomic mass is 10.2. The zero-order valence-corrected chi connectivity index (χ0v) is 13.4. The predicted octanol–water partition coefficient (Wildman–Crippen LogP) is 2.76. The standard InChI is InChI=1S/C16H13ClF2N2O3/c1-3-8(2)24-14-6-12(11(19)5-10(14)17)21-15(22)13-4-9(18)7-20(13)16(21)23/h1,5-6,8-9,13H,4,7H2,2H3/t8?,9-,13-/m0/s1. The number of carbonyl (C=O) groups is 2. The molecular formula is C16H13ClF2N2O3. The van der Waals surface area contributed by atoms with Crippen LogP contribution in [0.1, 0.15) is 13.3 Å². The highest BCUT2D eigenvalue weighted by molar-refractivity contribution is 6.32. The molecule has 2 heterocycles. The van der Waals surface area contributed by atoms with Crippen molar-refractivity contribution in [3.05, 3.63) is 23.0 Å². The summed E-state index contributed by atoms with van der Waals surface area (Å²) >= 11 is 5.91. The summed E-state index contributed by atoms with van der Waals surface area (Å²) in [7, 11) is 0. The van der Waals surface area contributed by atoms with Crippen LogP contribution in [0.5, 0.6) is 5.75 Å². The number of alkyl halides is 1. The van der Waals surface area contributed by atoms with Gasteiger partial charge in [-0.05, 0) is 13.0 Å². The van der Waals surface area contributed by atoms with Crippen LogP contribution in [0, 0.1) is 18.2 Å². The van der Waals surface area contributed by atoms with Crippen LogP contribution in [0.25, 0.3) is 0 Å². The van der Waals surface area contributed by atoms with Crippen molar-refractivity contribution < 1.29 is 23.1 Å². The lowest BCUT2D eigenvalue weighted by molar-refractivity contribution is -0.119. The highest BCUT2D eigenvalue weighted by atomic mass is 35.5. The number of anilines is 1. The third kappa shape index (κ3) is 2.57. The third-order valence-corrected chi connectivity index (χ3v) is 4.27. The summed E-state index contributed by atoms with van der Waals surface area (Å²) in [6, 6.07) is 0.423. The molecule has 0 radical (unpaired) electrons. The maximum Gasteiger partial charge on any atom is 0.332 e. The van der Waals surface area contributed by atoms with Gasteiger partial charge in [0.1, 0.15) is 23.8 Å². The van der Waals surface area contributed by atoms with Gasteiger partial charge >= 0.3 is 6.03 Å². The molecule has 1 aromatic rings. The van der Waals surface area contributed by atoms with E-state index in [-0.39, 0.29) is 29.4 Å². The van der Waals surface area contributed by atoms with Gasteiger partial charge in [0.15, 0.2) is 6.10 Å². The van der Waals surface area contributed by atoms with Gasteiger partial charge in [0, 0.05) is 12.5 Å². The van der Waals surface area contributed by atoms with Crippen LogP contribution in [0.2, 0.25) is 5.02 Å². The van der Waals surface area contributed by atoms with Crippen molar-refractivity contribution in [2.45, 2.75) is 31.7 Å². The van der Waals surface area contributed by atoms with Crippen molar-refractivity contribution in [3.63, 3.8) is 0 Å². The number of imide groups is 1. The number of ether oxygens (including phenoxy) is 1. The number of hydrogen-bond donors (Lipinski definition) is 0. The number of benzene rings is 1. The van der Waals surface area contributed by atoms with E-state index in [1.165, 1.54) is 0 Å². The molecular weight excluding hydrogens is 342 g/mol. The molecule has 8 heteroatoms. The number of nitrogens with zero attached hydrogens (tertiary/aromatic N) is 2. The number of urea groups is 1. The van der Waals surface area contributed by atoms with Crippen LogP contribution in [0.3, 0.4) is 0 Å². The van der Waals surface area contributed by atoms with Gasteiger partial charge in [-0.25, -0.2) is 18.5 Å². The first kappa shape index (κ1) is 16.5. The van der Waals surface area contributed by atoms with Gasteiger partial charge in [-0.2, -0.15) is 0 Å². The monoisotopic (exact) mass is 354 g/mol. The van der Waals surface area contributed by atoms with Gasteiger partial charge in [-0.15, -0.1) is 6.42 Å². The number of halogens is 3. The fourth-order valence-electron chi connectivity index (χ4n) is 2.83. The van der Waals surface area contributed by atoms with Crippen LogP contribution in [0.4, 0.5) is 19.3 Å². The molecule has 3 amide bonds. The molecule has 0 N–H and O–H groups in total. The Morgan fingerprint density at radius 3 is 2.79 bits per heavy atom. The molecule has 1 unspecified atom stereocenters. The summed E-state index contributed by atoms with van der Waals surface area (Å²) in [6.07, 6.45) is 3.24. The fourth-order valence-corrected chi connectivity index (χ4v) is 3.02. The van der Waals surface area contributed by atoms with Gasteiger partial charge in [0.2, 0.25) is 0 Å². The molecule has 2 fully saturated rings. The van der Waals surface area contributed by atoms with E-state index in [4.69, 9.17) is 22.8 Å². The first-order chi connectivity index (χ1) is 11.3. The lowest BCUT2D eigenvalue weighted by Gasteiger charge is -2.19. The fraction of sp³-hybridized carbons (Fsp3) is 0.375. The Morgan fingerprint density at radius 2 is 2.17 bits per heavy atom. The zero-order valence-electron chi connectivity index (χ0n) is 12.6.